The standard InChI is InChI=1S/C17H22N4O/c1-12-8-13(2)10-15(9-12)20-16-11-17(19-14(3)18-16)21-4-6-22-7-5-21/h8-11H,4-7H2,1-3H3,(H,18,19,20). The molecule has 0 spiro atoms. The van der Waals surface area contributed by atoms with Gasteiger partial charge in [0.05, 0.1) is 13.2 Å². The molecule has 2 heterocycles. The Balaban J connectivity index is 1.85. The summed E-state index contributed by atoms with van der Waals surface area (Å²) < 4.78 is 5.40. The maximum Gasteiger partial charge on any atom is 0.136 e. The van der Waals surface area contributed by atoms with Gasteiger partial charge in [-0.1, -0.05) is 6.07 Å². The zero-order valence-corrected chi connectivity index (χ0v) is 13.4. The van der Waals surface area contributed by atoms with Crippen LogP contribution in [0.3, 0.4) is 0 Å². The van der Waals surface area contributed by atoms with Crippen molar-refractivity contribution in [1.82, 2.24) is 9.97 Å². The van der Waals surface area contributed by atoms with Gasteiger partial charge < -0.3 is 15.0 Å². The fourth-order valence-electron chi connectivity index (χ4n) is 2.77. The van der Waals surface area contributed by atoms with Gasteiger partial charge in [0.2, 0.25) is 0 Å². The molecule has 0 aliphatic carbocycles. The molecule has 1 aromatic heterocycles. The Morgan fingerprint density at radius 2 is 1.64 bits per heavy atom. The lowest BCUT2D eigenvalue weighted by Gasteiger charge is -2.28. The van der Waals surface area contributed by atoms with E-state index in [1.165, 1.54) is 11.1 Å². The van der Waals surface area contributed by atoms with E-state index < -0.39 is 0 Å². The van der Waals surface area contributed by atoms with Crippen LogP contribution in [0.15, 0.2) is 24.3 Å². The van der Waals surface area contributed by atoms with Crippen LogP contribution >= 0.6 is 0 Å². The molecule has 2 aromatic rings. The molecule has 0 saturated carbocycles. The number of nitrogens with one attached hydrogen (secondary N) is 1. The molecule has 0 radical (unpaired) electrons. The van der Waals surface area contributed by atoms with Crippen molar-refractivity contribution < 1.29 is 4.74 Å². The topological polar surface area (TPSA) is 50.3 Å². The first-order chi connectivity index (χ1) is 10.6. The summed E-state index contributed by atoms with van der Waals surface area (Å²) >= 11 is 0. The SMILES string of the molecule is Cc1cc(C)cc(Nc2cc(N3CCOCC3)nc(C)n2)c1. The van der Waals surface area contributed by atoms with Crippen molar-refractivity contribution in [2.24, 2.45) is 0 Å². The minimum atomic E-state index is 0.753. The number of ether oxygens (including phenoxy) is 1. The van der Waals surface area contributed by atoms with E-state index in [1.54, 1.807) is 0 Å². The summed E-state index contributed by atoms with van der Waals surface area (Å²) in [5.74, 6) is 2.57. The van der Waals surface area contributed by atoms with E-state index in [0.29, 0.717) is 0 Å². The molecule has 3 rings (SSSR count). The minimum absolute atomic E-state index is 0.753. The van der Waals surface area contributed by atoms with E-state index in [4.69, 9.17) is 4.74 Å². The van der Waals surface area contributed by atoms with Crippen LogP contribution in [-0.2, 0) is 4.74 Å². The fraction of sp³-hybridized carbons (Fsp3) is 0.412. The van der Waals surface area contributed by atoms with Crippen LogP contribution < -0.4 is 10.2 Å². The summed E-state index contributed by atoms with van der Waals surface area (Å²) in [5, 5.41) is 3.40. The highest BCUT2D eigenvalue weighted by atomic mass is 16.5. The smallest absolute Gasteiger partial charge is 0.136 e. The van der Waals surface area contributed by atoms with Crippen LogP contribution in [0, 0.1) is 20.8 Å². The number of hydrogen-bond acceptors (Lipinski definition) is 5. The first-order valence-corrected chi connectivity index (χ1v) is 7.64. The number of benzene rings is 1. The Hall–Kier alpha value is -2.14. The van der Waals surface area contributed by atoms with E-state index in [9.17, 15) is 0 Å². The number of aryl methyl sites for hydroxylation is 3. The van der Waals surface area contributed by atoms with Crippen molar-refractivity contribution >= 4 is 17.3 Å². The summed E-state index contributed by atoms with van der Waals surface area (Å²) in [6.45, 7) is 9.38. The Kier molecular flexibility index (Phi) is 4.24. The molecule has 1 N–H and O–H groups in total. The predicted octanol–water partition coefficient (Wildman–Crippen LogP) is 2.98. The highest BCUT2D eigenvalue weighted by molar-refractivity contribution is 5.61. The van der Waals surface area contributed by atoms with Gasteiger partial charge in [0.1, 0.15) is 17.5 Å². The Labute approximate surface area is 131 Å². The molecular formula is C17H22N4O. The first kappa shape index (κ1) is 14.8. The lowest BCUT2D eigenvalue weighted by molar-refractivity contribution is 0.122. The van der Waals surface area contributed by atoms with E-state index in [0.717, 1.165) is 49.5 Å². The zero-order chi connectivity index (χ0) is 15.5. The summed E-state index contributed by atoms with van der Waals surface area (Å²) in [6, 6.07) is 8.42. The molecule has 0 atom stereocenters. The maximum atomic E-state index is 5.40. The highest BCUT2D eigenvalue weighted by Gasteiger charge is 2.14. The quantitative estimate of drug-likeness (QED) is 0.944. The van der Waals surface area contributed by atoms with Crippen molar-refractivity contribution in [1.29, 1.82) is 0 Å². The van der Waals surface area contributed by atoms with Gasteiger partial charge in [-0.25, -0.2) is 9.97 Å². The average Bonchev–Trinajstić information content (AvgIpc) is 2.46. The Morgan fingerprint density at radius 3 is 2.32 bits per heavy atom. The third-order valence-electron chi connectivity index (χ3n) is 3.65. The highest BCUT2D eigenvalue weighted by Crippen LogP contribution is 2.22. The molecule has 1 fully saturated rings. The van der Waals surface area contributed by atoms with Crippen LogP contribution in [0.4, 0.5) is 17.3 Å². The molecule has 1 aliphatic rings. The van der Waals surface area contributed by atoms with Crippen molar-refractivity contribution in [2.75, 3.05) is 36.5 Å². The maximum absolute atomic E-state index is 5.40. The molecule has 1 aliphatic heterocycles. The van der Waals surface area contributed by atoms with Gasteiger partial charge in [0.15, 0.2) is 0 Å². The number of aromatic nitrogens is 2. The monoisotopic (exact) mass is 298 g/mol. The van der Waals surface area contributed by atoms with Crippen LogP contribution in [0.25, 0.3) is 0 Å². The lowest BCUT2D eigenvalue weighted by atomic mass is 10.1. The Bertz CT molecular complexity index is 645. The molecule has 0 bridgehead atoms. The molecule has 1 saturated heterocycles. The summed E-state index contributed by atoms with van der Waals surface area (Å²) in [5.41, 5.74) is 3.53. The largest absolute Gasteiger partial charge is 0.378 e. The summed E-state index contributed by atoms with van der Waals surface area (Å²) in [4.78, 5) is 11.3. The fourth-order valence-corrected chi connectivity index (χ4v) is 2.77. The van der Waals surface area contributed by atoms with Gasteiger partial charge in [-0.3, -0.25) is 0 Å². The van der Waals surface area contributed by atoms with Gasteiger partial charge in [0, 0.05) is 24.8 Å². The van der Waals surface area contributed by atoms with Gasteiger partial charge in [0.25, 0.3) is 0 Å². The van der Waals surface area contributed by atoms with Crippen LogP contribution in [-0.4, -0.2) is 36.3 Å². The van der Waals surface area contributed by atoms with Crippen LogP contribution in [0.5, 0.6) is 0 Å². The van der Waals surface area contributed by atoms with Crippen molar-refractivity contribution in [3.05, 3.63) is 41.2 Å². The second-order valence-corrected chi connectivity index (χ2v) is 5.76. The van der Waals surface area contributed by atoms with Gasteiger partial charge >= 0.3 is 0 Å². The van der Waals surface area contributed by atoms with Crippen LogP contribution in [0.2, 0.25) is 0 Å². The Morgan fingerprint density at radius 1 is 0.955 bits per heavy atom. The van der Waals surface area contributed by atoms with E-state index in [1.807, 2.05) is 13.0 Å². The van der Waals surface area contributed by atoms with Crippen molar-refractivity contribution in [3.8, 4) is 0 Å². The van der Waals surface area contributed by atoms with Crippen molar-refractivity contribution in [2.45, 2.75) is 20.8 Å². The van der Waals surface area contributed by atoms with Gasteiger partial charge in [-0.05, 0) is 44.0 Å². The molecule has 22 heavy (non-hydrogen) atoms. The van der Waals surface area contributed by atoms with E-state index >= 15 is 0 Å². The lowest BCUT2D eigenvalue weighted by Crippen LogP contribution is -2.36. The van der Waals surface area contributed by atoms with Crippen molar-refractivity contribution in [3.63, 3.8) is 0 Å². The first-order valence-electron chi connectivity index (χ1n) is 7.64. The van der Waals surface area contributed by atoms with E-state index in [-0.39, 0.29) is 0 Å². The van der Waals surface area contributed by atoms with Gasteiger partial charge in [-0.15, -0.1) is 0 Å². The molecule has 0 amide bonds. The summed E-state index contributed by atoms with van der Waals surface area (Å²) in [7, 11) is 0. The molecule has 116 valence electrons. The normalized spacial score (nSPS) is 15.0. The average molecular weight is 298 g/mol. The molecular weight excluding hydrogens is 276 g/mol. The summed E-state index contributed by atoms with van der Waals surface area (Å²) in [6.07, 6.45) is 0. The third kappa shape index (κ3) is 3.54. The number of rotatable bonds is 3. The molecule has 5 heteroatoms. The number of nitrogens with zero attached hydrogens (tertiary/aromatic N) is 3. The minimum Gasteiger partial charge on any atom is -0.378 e. The number of hydrogen-bond donors (Lipinski definition) is 1. The van der Waals surface area contributed by atoms with Crippen LogP contribution in [0.1, 0.15) is 17.0 Å². The molecule has 1 aromatic carbocycles. The molecule has 0 unspecified atom stereocenters. The molecule has 5 nitrogen and oxygen atoms in total. The second kappa shape index (κ2) is 6.32. The second-order valence-electron chi connectivity index (χ2n) is 5.76. The number of anilines is 3. The predicted molar refractivity (Wildman–Crippen MR) is 89.0 cm³/mol. The number of morpholine rings is 1. The van der Waals surface area contributed by atoms with E-state index in [2.05, 4.69) is 52.2 Å². The zero-order valence-electron chi connectivity index (χ0n) is 13.4. The van der Waals surface area contributed by atoms with Gasteiger partial charge in [-0.2, -0.15) is 0 Å². The third-order valence-corrected chi connectivity index (χ3v) is 3.65.